The van der Waals surface area contributed by atoms with Gasteiger partial charge in [-0.05, 0) is 33.2 Å². The second-order valence-electron chi connectivity index (χ2n) is 6.72. The van der Waals surface area contributed by atoms with Crippen molar-refractivity contribution >= 4 is 34.7 Å². The molecule has 0 aliphatic heterocycles. The van der Waals surface area contributed by atoms with Crippen LogP contribution in [0.3, 0.4) is 0 Å². The van der Waals surface area contributed by atoms with Gasteiger partial charge in [0.15, 0.2) is 5.57 Å². The first-order valence-corrected chi connectivity index (χ1v) is 10.6. The molecule has 0 saturated carbocycles. The van der Waals surface area contributed by atoms with E-state index in [4.69, 9.17) is 4.74 Å². The number of nitrogens with zero attached hydrogens (tertiary/aromatic N) is 3. The van der Waals surface area contributed by atoms with E-state index >= 15 is 0 Å². The van der Waals surface area contributed by atoms with Gasteiger partial charge in [-0.1, -0.05) is 6.07 Å². The Hall–Kier alpha value is -3.16. The molecule has 0 fully saturated rings. The lowest BCUT2D eigenvalue weighted by Crippen LogP contribution is -2.35. The predicted octanol–water partition coefficient (Wildman–Crippen LogP) is 0.480. The summed E-state index contributed by atoms with van der Waals surface area (Å²) in [6.07, 6.45) is 1.54. The molecule has 2 N–H and O–H groups in total. The van der Waals surface area contributed by atoms with Crippen LogP contribution in [-0.4, -0.2) is 55.8 Å². The van der Waals surface area contributed by atoms with Crippen molar-refractivity contribution in [1.29, 1.82) is 5.26 Å². The van der Waals surface area contributed by atoms with Crippen molar-refractivity contribution in [2.45, 2.75) is 13.5 Å². The number of amides is 1. The maximum atomic E-state index is 12.7. The number of thiazole rings is 1. The normalized spacial score (nSPS) is 12.5. The Kier molecular flexibility index (Phi) is 9.24. The second kappa shape index (κ2) is 11.9. The number of aromatic nitrogens is 1. The highest BCUT2D eigenvalue weighted by atomic mass is 32.1. The summed E-state index contributed by atoms with van der Waals surface area (Å²) < 4.78 is 20.0. The molecule has 1 amide bonds. The van der Waals surface area contributed by atoms with Crippen LogP contribution in [0, 0.1) is 11.3 Å². The number of hydrogen-bond acceptors (Lipinski definition) is 7. The maximum Gasteiger partial charge on any atom is 0.270 e. The van der Waals surface area contributed by atoms with E-state index in [0.29, 0.717) is 16.9 Å². The SMILES string of the molecule is CCn1c(=C(C#N)C(=O)NCCF)sc(=CNc2cccc(OCCN(C)C)c2)c1=O. The molecule has 2 aromatic rings. The van der Waals surface area contributed by atoms with Gasteiger partial charge in [-0.3, -0.25) is 14.2 Å². The summed E-state index contributed by atoms with van der Waals surface area (Å²) in [5.74, 6) is -0.00611. The zero-order valence-electron chi connectivity index (χ0n) is 17.8. The fourth-order valence-electron chi connectivity index (χ4n) is 2.61. The molecule has 10 heteroatoms. The number of halogens is 1. The Bertz CT molecular complexity index is 1120. The summed E-state index contributed by atoms with van der Waals surface area (Å²) >= 11 is 1.03. The number of nitriles is 1. The number of alkyl halides is 1. The lowest BCUT2D eigenvalue weighted by atomic mass is 10.3. The molecule has 0 aliphatic carbocycles. The first kappa shape index (κ1) is 24.1. The van der Waals surface area contributed by atoms with E-state index in [9.17, 15) is 19.2 Å². The van der Waals surface area contributed by atoms with Crippen molar-refractivity contribution < 1.29 is 13.9 Å². The summed E-state index contributed by atoms with van der Waals surface area (Å²) in [4.78, 5) is 26.9. The number of anilines is 1. The average molecular weight is 448 g/mol. The van der Waals surface area contributed by atoms with E-state index in [-0.39, 0.29) is 28.9 Å². The van der Waals surface area contributed by atoms with Gasteiger partial charge in [-0.15, -0.1) is 11.3 Å². The fraction of sp³-hybridized carbons (Fsp3) is 0.381. The molecule has 0 radical (unpaired) electrons. The molecule has 0 spiro atoms. The number of carbonyl (C=O) groups excluding carboxylic acids is 1. The highest BCUT2D eigenvalue weighted by Crippen LogP contribution is 2.17. The summed E-state index contributed by atoms with van der Waals surface area (Å²) in [6, 6.07) is 9.16. The topological polar surface area (TPSA) is 99.4 Å². The van der Waals surface area contributed by atoms with Crippen LogP contribution in [0.5, 0.6) is 5.75 Å². The number of benzene rings is 1. The lowest BCUT2D eigenvalue weighted by Gasteiger charge is -2.11. The van der Waals surface area contributed by atoms with E-state index < -0.39 is 12.6 Å². The second-order valence-corrected chi connectivity index (χ2v) is 7.75. The highest BCUT2D eigenvalue weighted by molar-refractivity contribution is 7.07. The summed E-state index contributed by atoms with van der Waals surface area (Å²) in [6.45, 7) is 2.44. The van der Waals surface area contributed by atoms with Crippen molar-refractivity contribution in [3.05, 3.63) is 43.8 Å². The summed E-state index contributed by atoms with van der Waals surface area (Å²) in [5, 5.41) is 14.8. The Morgan fingerprint density at radius 2 is 2.19 bits per heavy atom. The molecule has 0 aliphatic rings. The van der Waals surface area contributed by atoms with Crippen LogP contribution < -0.4 is 30.1 Å². The van der Waals surface area contributed by atoms with E-state index in [0.717, 1.165) is 23.6 Å². The smallest absolute Gasteiger partial charge is 0.270 e. The van der Waals surface area contributed by atoms with Gasteiger partial charge >= 0.3 is 0 Å². The molecule has 0 unspecified atom stereocenters. The minimum atomic E-state index is -0.740. The van der Waals surface area contributed by atoms with E-state index in [1.807, 2.05) is 49.3 Å². The average Bonchev–Trinajstić information content (AvgIpc) is 3.06. The summed E-state index contributed by atoms with van der Waals surface area (Å²) in [5.41, 5.74) is 0.192. The minimum Gasteiger partial charge on any atom is -0.492 e. The third kappa shape index (κ3) is 6.67. The van der Waals surface area contributed by atoms with Gasteiger partial charge in [0.2, 0.25) is 0 Å². The Morgan fingerprint density at radius 1 is 1.42 bits per heavy atom. The number of carbonyl (C=O) groups is 1. The molecule has 0 saturated heterocycles. The Labute approximate surface area is 183 Å². The number of rotatable bonds is 10. The predicted molar refractivity (Wildman–Crippen MR) is 120 cm³/mol. The van der Waals surface area contributed by atoms with Crippen molar-refractivity contribution in [3.8, 4) is 11.8 Å². The zero-order chi connectivity index (χ0) is 22.8. The number of hydrogen-bond donors (Lipinski definition) is 2. The van der Waals surface area contributed by atoms with Crippen molar-refractivity contribution in [2.75, 3.05) is 45.8 Å². The molecule has 8 nitrogen and oxygen atoms in total. The van der Waals surface area contributed by atoms with E-state index in [1.54, 1.807) is 6.92 Å². The van der Waals surface area contributed by atoms with Crippen molar-refractivity contribution in [3.63, 3.8) is 0 Å². The van der Waals surface area contributed by atoms with Gasteiger partial charge in [0.25, 0.3) is 11.5 Å². The molecule has 166 valence electrons. The molecule has 2 rings (SSSR count). The van der Waals surface area contributed by atoms with Gasteiger partial charge in [0.1, 0.15) is 34.3 Å². The molecule has 1 aromatic heterocycles. The van der Waals surface area contributed by atoms with Crippen molar-refractivity contribution in [1.82, 2.24) is 14.8 Å². The number of ether oxygens (including phenoxy) is 1. The van der Waals surface area contributed by atoms with Crippen LogP contribution in [0.15, 0.2) is 29.1 Å². The van der Waals surface area contributed by atoms with Gasteiger partial charge in [-0.25, -0.2) is 4.39 Å². The van der Waals surface area contributed by atoms with Crippen LogP contribution in [0.25, 0.3) is 11.8 Å². The van der Waals surface area contributed by atoms with Gasteiger partial charge in [-0.2, -0.15) is 5.26 Å². The first-order chi connectivity index (χ1) is 14.9. The van der Waals surface area contributed by atoms with Crippen LogP contribution in [0.1, 0.15) is 6.92 Å². The van der Waals surface area contributed by atoms with E-state index in [2.05, 4.69) is 10.6 Å². The third-order valence-electron chi connectivity index (χ3n) is 4.17. The monoisotopic (exact) mass is 447 g/mol. The van der Waals surface area contributed by atoms with Crippen LogP contribution >= 0.6 is 11.3 Å². The molecular formula is C21H26FN5O3S. The largest absolute Gasteiger partial charge is 0.492 e. The number of likely N-dealkylation sites (N-methyl/N-ethyl adjacent to an activating group) is 1. The van der Waals surface area contributed by atoms with Crippen molar-refractivity contribution in [2.24, 2.45) is 0 Å². The van der Waals surface area contributed by atoms with Gasteiger partial charge in [0.05, 0.1) is 0 Å². The van der Waals surface area contributed by atoms with Crippen LogP contribution in [0.2, 0.25) is 0 Å². The highest BCUT2D eigenvalue weighted by Gasteiger charge is 2.14. The third-order valence-corrected chi connectivity index (χ3v) is 5.30. The number of nitrogens with one attached hydrogen (secondary N) is 2. The molecule has 0 bridgehead atoms. The first-order valence-electron chi connectivity index (χ1n) is 9.73. The molecular weight excluding hydrogens is 421 g/mol. The van der Waals surface area contributed by atoms with E-state index in [1.165, 1.54) is 10.8 Å². The molecule has 1 aromatic carbocycles. The maximum absolute atomic E-state index is 12.7. The zero-order valence-corrected chi connectivity index (χ0v) is 18.6. The van der Waals surface area contributed by atoms with Gasteiger partial charge in [0, 0.05) is 37.6 Å². The van der Waals surface area contributed by atoms with Gasteiger partial charge < -0.3 is 20.3 Å². The summed E-state index contributed by atoms with van der Waals surface area (Å²) in [7, 11) is 3.93. The quantitative estimate of drug-likeness (QED) is 0.550. The standard InChI is InChI=1S/C21H26FN5O3S/c1-4-27-20(29)18(31-21(27)17(13-23)19(28)24-9-8-22)14-25-15-6-5-7-16(12-15)30-11-10-26(2)3/h5-7,12,14,25H,4,8-11H2,1-3H3,(H,24,28). The molecule has 31 heavy (non-hydrogen) atoms. The Balaban J connectivity index is 2.34. The molecule has 0 atom stereocenters. The van der Waals surface area contributed by atoms with Crippen LogP contribution in [-0.2, 0) is 11.3 Å². The minimum absolute atomic E-state index is 0.195. The Morgan fingerprint density at radius 3 is 2.84 bits per heavy atom. The van der Waals surface area contributed by atoms with Crippen LogP contribution in [0.4, 0.5) is 10.1 Å². The fourth-order valence-corrected chi connectivity index (χ4v) is 3.69. The lowest BCUT2D eigenvalue weighted by molar-refractivity contribution is -0.115. The molecule has 1 heterocycles.